The van der Waals surface area contributed by atoms with E-state index < -0.39 is 0 Å². The number of rotatable bonds is 4. The van der Waals surface area contributed by atoms with E-state index in [4.69, 9.17) is 9.47 Å². The predicted octanol–water partition coefficient (Wildman–Crippen LogP) is 3.27. The first-order chi connectivity index (χ1) is 9.84. The number of benzene rings is 2. The molecule has 0 aromatic heterocycles. The molecular weight excluding hydrogens is 252 g/mol. The van der Waals surface area contributed by atoms with Crippen molar-refractivity contribution in [3.63, 3.8) is 0 Å². The van der Waals surface area contributed by atoms with Crippen LogP contribution < -0.4 is 9.47 Å². The van der Waals surface area contributed by atoms with Crippen molar-refractivity contribution in [1.82, 2.24) is 0 Å². The molecule has 0 aliphatic carbocycles. The molecule has 0 unspecified atom stereocenters. The Balaban J connectivity index is 1.74. The monoisotopic (exact) mass is 268 g/mol. The minimum atomic E-state index is 0.0937. The summed E-state index contributed by atoms with van der Waals surface area (Å²) in [6, 6.07) is 15.5. The van der Waals surface area contributed by atoms with Gasteiger partial charge in [0.2, 0.25) is 0 Å². The zero-order valence-electron chi connectivity index (χ0n) is 11.2. The van der Waals surface area contributed by atoms with Gasteiger partial charge in [0.15, 0.2) is 17.3 Å². The Bertz CT molecular complexity index is 605. The van der Waals surface area contributed by atoms with Crippen molar-refractivity contribution >= 4 is 5.78 Å². The van der Waals surface area contributed by atoms with Crippen molar-refractivity contribution in [1.29, 1.82) is 0 Å². The van der Waals surface area contributed by atoms with Gasteiger partial charge >= 0.3 is 0 Å². The average Bonchev–Trinajstić information content (AvgIpc) is 2.53. The highest BCUT2D eigenvalue weighted by Crippen LogP contribution is 2.34. The number of Topliss-reactive ketones (excluding diaryl/α,β-unsaturated/α-hetero) is 1. The fourth-order valence-electron chi connectivity index (χ4n) is 2.33. The Morgan fingerprint density at radius 2 is 1.75 bits per heavy atom. The maximum Gasteiger partial charge on any atom is 0.172 e. The van der Waals surface area contributed by atoms with Crippen LogP contribution in [-0.2, 0) is 6.42 Å². The van der Waals surface area contributed by atoms with Gasteiger partial charge in [-0.2, -0.15) is 0 Å². The lowest BCUT2D eigenvalue weighted by molar-refractivity contribution is 0.0971. The van der Waals surface area contributed by atoms with Crippen LogP contribution in [0.15, 0.2) is 48.5 Å². The molecule has 0 saturated heterocycles. The number of ketones is 1. The lowest BCUT2D eigenvalue weighted by Crippen LogP contribution is -2.17. The van der Waals surface area contributed by atoms with Gasteiger partial charge in [-0.05, 0) is 24.1 Å². The quantitative estimate of drug-likeness (QED) is 0.798. The molecule has 0 saturated carbocycles. The van der Waals surface area contributed by atoms with Crippen LogP contribution in [-0.4, -0.2) is 19.0 Å². The number of hydrogen-bond donors (Lipinski definition) is 0. The average molecular weight is 268 g/mol. The van der Waals surface area contributed by atoms with Crippen LogP contribution in [0.3, 0.4) is 0 Å². The number of carbonyl (C=O) groups is 1. The Labute approximate surface area is 118 Å². The van der Waals surface area contributed by atoms with E-state index >= 15 is 0 Å². The van der Waals surface area contributed by atoms with Crippen molar-refractivity contribution in [2.24, 2.45) is 0 Å². The minimum absolute atomic E-state index is 0.0937. The van der Waals surface area contributed by atoms with Crippen LogP contribution in [0, 0.1) is 0 Å². The second-order valence-corrected chi connectivity index (χ2v) is 4.74. The van der Waals surface area contributed by atoms with E-state index in [2.05, 4.69) is 0 Å². The number of ether oxygens (including phenoxy) is 2. The van der Waals surface area contributed by atoms with Gasteiger partial charge in [-0.25, -0.2) is 0 Å². The number of hydrogen-bond acceptors (Lipinski definition) is 3. The molecule has 2 aromatic rings. The molecule has 0 bridgehead atoms. The first-order valence-corrected chi connectivity index (χ1v) is 6.80. The Hall–Kier alpha value is -2.29. The van der Waals surface area contributed by atoms with Gasteiger partial charge in [0.05, 0.1) is 5.56 Å². The molecule has 0 spiro atoms. The van der Waals surface area contributed by atoms with E-state index in [1.54, 1.807) is 6.07 Å². The smallest absolute Gasteiger partial charge is 0.172 e. The molecule has 0 amide bonds. The van der Waals surface area contributed by atoms with Gasteiger partial charge < -0.3 is 9.47 Å². The molecule has 0 radical (unpaired) electrons. The molecule has 1 heterocycles. The summed E-state index contributed by atoms with van der Waals surface area (Å²) >= 11 is 0. The molecule has 2 aromatic carbocycles. The second-order valence-electron chi connectivity index (χ2n) is 4.74. The highest BCUT2D eigenvalue weighted by molar-refractivity contribution is 5.99. The molecule has 0 fully saturated rings. The summed E-state index contributed by atoms with van der Waals surface area (Å²) in [5, 5.41) is 0. The molecule has 0 atom stereocenters. The highest BCUT2D eigenvalue weighted by atomic mass is 16.6. The van der Waals surface area contributed by atoms with Gasteiger partial charge in [0.1, 0.15) is 13.2 Å². The molecular formula is C17H16O3. The molecule has 102 valence electrons. The van der Waals surface area contributed by atoms with Crippen LogP contribution in [0.25, 0.3) is 0 Å². The topological polar surface area (TPSA) is 35.5 Å². The Kier molecular flexibility index (Phi) is 3.68. The number of aryl methyl sites for hydroxylation is 1. The van der Waals surface area contributed by atoms with Crippen molar-refractivity contribution in [2.75, 3.05) is 13.2 Å². The molecule has 1 aliphatic rings. The second kappa shape index (κ2) is 5.78. The fraction of sp³-hybridized carbons (Fsp3) is 0.235. The summed E-state index contributed by atoms with van der Waals surface area (Å²) in [5.41, 5.74) is 1.79. The lowest BCUT2D eigenvalue weighted by Gasteiger charge is -2.20. The third kappa shape index (κ3) is 2.67. The van der Waals surface area contributed by atoms with E-state index in [1.165, 1.54) is 5.56 Å². The molecule has 1 aliphatic heterocycles. The summed E-state index contributed by atoms with van der Waals surface area (Å²) in [6.07, 6.45) is 1.22. The Morgan fingerprint density at radius 1 is 0.950 bits per heavy atom. The van der Waals surface area contributed by atoms with E-state index in [0.717, 1.165) is 6.42 Å². The van der Waals surface area contributed by atoms with Crippen molar-refractivity contribution in [3.05, 3.63) is 59.7 Å². The van der Waals surface area contributed by atoms with E-state index in [1.807, 2.05) is 42.5 Å². The maximum atomic E-state index is 12.4. The molecule has 20 heavy (non-hydrogen) atoms. The largest absolute Gasteiger partial charge is 0.486 e. The van der Waals surface area contributed by atoms with Gasteiger partial charge in [-0.3, -0.25) is 4.79 Å². The zero-order valence-corrected chi connectivity index (χ0v) is 11.2. The van der Waals surface area contributed by atoms with Gasteiger partial charge in [-0.1, -0.05) is 36.4 Å². The first-order valence-electron chi connectivity index (χ1n) is 6.80. The van der Waals surface area contributed by atoms with Crippen molar-refractivity contribution in [2.45, 2.75) is 12.8 Å². The SMILES string of the molecule is O=C(CCc1ccccc1)c1cccc2c1OCCO2. The third-order valence-electron chi connectivity index (χ3n) is 3.35. The van der Waals surface area contributed by atoms with Gasteiger partial charge in [0.25, 0.3) is 0 Å². The van der Waals surface area contributed by atoms with Crippen LogP contribution in [0.4, 0.5) is 0 Å². The Morgan fingerprint density at radius 3 is 2.60 bits per heavy atom. The third-order valence-corrected chi connectivity index (χ3v) is 3.35. The summed E-state index contributed by atoms with van der Waals surface area (Å²) in [4.78, 5) is 12.4. The molecule has 3 nitrogen and oxygen atoms in total. The van der Waals surface area contributed by atoms with E-state index in [9.17, 15) is 4.79 Å². The van der Waals surface area contributed by atoms with Crippen LogP contribution in [0.1, 0.15) is 22.3 Å². The summed E-state index contributed by atoms with van der Waals surface area (Å²) < 4.78 is 11.1. The van der Waals surface area contributed by atoms with Gasteiger partial charge in [-0.15, -0.1) is 0 Å². The standard InChI is InChI=1S/C17H16O3/c18-15(10-9-13-5-2-1-3-6-13)14-7-4-8-16-17(14)20-12-11-19-16/h1-8H,9-12H2. The summed E-state index contributed by atoms with van der Waals surface area (Å²) in [6.45, 7) is 1.03. The first kappa shape index (κ1) is 12.7. The van der Waals surface area contributed by atoms with Crippen LogP contribution in [0.5, 0.6) is 11.5 Å². The maximum absolute atomic E-state index is 12.4. The summed E-state index contributed by atoms with van der Waals surface area (Å²) in [7, 11) is 0. The predicted molar refractivity (Wildman–Crippen MR) is 76.5 cm³/mol. The highest BCUT2D eigenvalue weighted by Gasteiger charge is 2.19. The van der Waals surface area contributed by atoms with E-state index in [0.29, 0.717) is 36.7 Å². The van der Waals surface area contributed by atoms with Crippen LogP contribution >= 0.6 is 0 Å². The number of para-hydroxylation sites is 1. The van der Waals surface area contributed by atoms with Crippen molar-refractivity contribution < 1.29 is 14.3 Å². The molecule has 3 rings (SSSR count). The fourth-order valence-corrected chi connectivity index (χ4v) is 2.33. The minimum Gasteiger partial charge on any atom is -0.486 e. The summed E-state index contributed by atoms with van der Waals surface area (Å²) in [5.74, 6) is 1.36. The van der Waals surface area contributed by atoms with Gasteiger partial charge in [0, 0.05) is 6.42 Å². The molecule has 3 heteroatoms. The molecule has 0 N–H and O–H groups in total. The van der Waals surface area contributed by atoms with Crippen molar-refractivity contribution in [3.8, 4) is 11.5 Å². The zero-order chi connectivity index (χ0) is 13.8. The number of fused-ring (bicyclic) bond motifs is 1. The van der Waals surface area contributed by atoms with E-state index in [-0.39, 0.29) is 5.78 Å². The lowest BCUT2D eigenvalue weighted by atomic mass is 10.0. The van der Waals surface area contributed by atoms with Crippen LogP contribution in [0.2, 0.25) is 0 Å². The normalized spacial score (nSPS) is 13.0. The number of carbonyl (C=O) groups excluding carboxylic acids is 1.